The molecule has 1 aromatic rings. The van der Waals surface area contributed by atoms with Crippen molar-refractivity contribution in [3.63, 3.8) is 0 Å². The maximum absolute atomic E-state index is 12.2. The summed E-state index contributed by atoms with van der Waals surface area (Å²) in [6, 6.07) is 7.72. The van der Waals surface area contributed by atoms with E-state index in [1.807, 2.05) is 24.3 Å². The first-order valence-corrected chi connectivity index (χ1v) is 5.98. The molecule has 5 heteroatoms. The van der Waals surface area contributed by atoms with E-state index in [0.717, 1.165) is 11.3 Å². The van der Waals surface area contributed by atoms with Crippen molar-refractivity contribution in [2.45, 2.75) is 12.6 Å². The highest BCUT2D eigenvalue weighted by atomic mass is 16.5. The van der Waals surface area contributed by atoms with E-state index in [2.05, 4.69) is 0 Å². The number of fused-ring (bicyclic) bond motifs is 1. The van der Waals surface area contributed by atoms with E-state index < -0.39 is 0 Å². The van der Waals surface area contributed by atoms with Crippen LogP contribution in [0.2, 0.25) is 0 Å². The van der Waals surface area contributed by atoms with Crippen LogP contribution in [-0.2, 0) is 11.3 Å². The molecular weight excluding hydrogens is 230 g/mol. The Morgan fingerprint density at radius 2 is 2.17 bits per heavy atom. The van der Waals surface area contributed by atoms with E-state index in [4.69, 9.17) is 10.5 Å². The van der Waals surface area contributed by atoms with Crippen LogP contribution in [0.4, 0.5) is 10.5 Å². The molecule has 1 aliphatic heterocycles. The highest BCUT2D eigenvalue weighted by molar-refractivity contribution is 5.94. The fraction of sp³-hybridized carbons (Fsp3) is 0.462. The number of ether oxygens (including phenoxy) is 1. The smallest absolute Gasteiger partial charge is 0.324 e. The van der Waals surface area contributed by atoms with Gasteiger partial charge in [0.15, 0.2) is 0 Å². The summed E-state index contributed by atoms with van der Waals surface area (Å²) in [6.07, 6.45) is 0. The maximum Gasteiger partial charge on any atom is 0.324 e. The summed E-state index contributed by atoms with van der Waals surface area (Å²) in [5, 5.41) is 0. The lowest BCUT2D eigenvalue weighted by atomic mass is 10.1. The summed E-state index contributed by atoms with van der Waals surface area (Å²) in [7, 11) is 3.41. The molecule has 5 nitrogen and oxygen atoms in total. The first kappa shape index (κ1) is 12.9. The van der Waals surface area contributed by atoms with Crippen LogP contribution in [0.15, 0.2) is 24.3 Å². The van der Waals surface area contributed by atoms with E-state index >= 15 is 0 Å². The Morgan fingerprint density at radius 3 is 2.89 bits per heavy atom. The summed E-state index contributed by atoms with van der Waals surface area (Å²) in [5.74, 6) is 0. The Morgan fingerprint density at radius 1 is 1.44 bits per heavy atom. The van der Waals surface area contributed by atoms with Gasteiger partial charge in [-0.1, -0.05) is 18.2 Å². The largest absolute Gasteiger partial charge is 0.383 e. The van der Waals surface area contributed by atoms with E-state index in [1.165, 1.54) is 0 Å². The summed E-state index contributed by atoms with van der Waals surface area (Å²) in [4.78, 5) is 15.6. The van der Waals surface area contributed by atoms with E-state index in [1.54, 1.807) is 24.0 Å². The van der Waals surface area contributed by atoms with Gasteiger partial charge in [-0.05, 0) is 11.6 Å². The molecule has 98 valence electrons. The number of hydrogen-bond donors (Lipinski definition) is 1. The van der Waals surface area contributed by atoms with Crippen LogP contribution in [-0.4, -0.2) is 44.3 Å². The Labute approximate surface area is 107 Å². The molecule has 18 heavy (non-hydrogen) atoms. The monoisotopic (exact) mass is 249 g/mol. The quantitative estimate of drug-likeness (QED) is 0.867. The van der Waals surface area contributed by atoms with Gasteiger partial charge in [-0.3, -0.25) is 4.90 Å². The van der Waals surface area contributed by atoms with Crippen LogP contribution < -0.4 is 10.6 Å². The Bertz CT molecular complexity index is 436. The third kappa shape index (κ3) is 2.47. The van der Waals surface area contributed by atoms with Gasteiger partial charge in [-0.15, -0.1) is 0 Å². The van der Waals surface area contributed by atoms with Crippen molar-refractivity contribution in [2.75, 3.05) is 32.2 Å². The molecule has 0 fully saturated rings. The number of anilines is 1. The van der Waals surface area contributed by atoms with Crippen molar-refractivity contribution < 1.29 is 9.53 Å². The number of carbonyl (C=O) groups excluding carboxylic acids is 1. The molecule has 2 N–H and O–H groups in total. The lowest BCUT2D eigenvalue weighted by molar-refractivity contribution is 0.178. The molecule has 0 spiro atoms. The van der Waals surface area contributed by atoms with Gasteiger partial charge in [0.1, 0.15) is 0 Å². The standard InChI is InChI=1S/C13H19N3O2/c1-15-7-10-5-3-4-6-12(10)16(13(15)17)8-11(14)9-18-2/h3-6,11H,7-9,14H2,1-2H3. The number of nitrogens with two attached hydrogens (primary N) is 1. The van der Waals surface area contributed by atoms with E-state index in [-0.39, 0.29) is 12.1 Å². The van der Waals surface area contributed by atoms with Crippen LogP contribution in [0, 0.1) is 0 Å². The van der Waals surface area contributed by atoms with Gasteiger partial charge in [0.05, 0.1) is 12.3 Å². The van der Waals surface area contributed by atoms with Gasteiger partial charge in [-0.25, -0.2) is 4.79 Å². The second-order valence-corrected chi connectivity index (χ2v) is 4.59. The Balaban J connectivity index is 2.24. The Kier molecular flexibility index (Phi) is 3.84. The predicted molar refractivity (Wildman–Crippen MR) is 70.5 cm³/mol. The van der Waals surface area contributed by atoms with Crippen LogP contribution >= 0.6 is 0 Å². The molecule has 0 saturated carbocycles. The van der Waals surface area contributed by atoms with Crippen LogP contribution in [0.3, 0.4) is 0 Å². The fourth-order valence-corrected chi connectivity index (χ4v) is 2.22. The number of amides is 2. The molecule has 1 aromatic carbocycles. The highest BCUT2D eigenvalue weighted by Gasteiger charge is 2.28. The first-order chi connectivity index (χ1) is 8.63. The molecule has 2 amide bonds. The number of benzene rings is 1. The van der Waals surface area contributed by atoms with Crippen molar-refractivity contribution in [3.8, 4) is 0 Å². The predicted octanol–water partition coefficient (Wildman–Crippen LogP) is 1.03. The number of para-hydroxylation sites is 1. The zero-order valence-corrected chi connectivity index (χ0v) is 10.8. The SMILES string of the molecule is COCC(N)CN1C(=O)N(C)Cc2ccccc21. The molecule has 0 saturated heterocycles. The average molecular weight is 249 g/mol. The molecule has 1 aliphatic rings. The third-order valence-corrected chi connectivity index (χ3v) is 3.05. The summed E-state index contributed by atoms with van der Waals surface area (Å²) in [6.45, 7) is 1.55. The average Bonchev–Trinajstić information content (AvgIpc) is 2.35. The van der Waals surface area contributed by atoms with Gasteiger partial charge in [0.2, 0.25) is 0 Å². The zero-order valence-electron chi connectivity index (χ0n) is 10.8. The van der Waals surface area contributed by atoms with E-state index in [9.17, 15) is 4.79 Å². The van der Waals surface area contributed by atoms with Gasteiger partial charge < -0.3 is 15.4 Å². The zero-order chi connectivity index (χ0) is 13.1. The Hall–Kier alpha value is -1.59. The van der Waals surface area contributed by atoms with Gasteiger partial charge >= 0.3 is 6.03 Å². The molecule has 1 unspecified atom stereocenters. The van der Waals surface area contributed by atoms with Crippen molar-refractivity contribution in [1.29, 1.82) is 0 Å². The molecule has 0 aliphatic carbocycles. The second kappa shape index (κ2) is 5.37. The van der Waals surface area contributed by atoms with E-state index in [0.29, 0.717) is 19.7 Å². The number of nitrogens with zero attached hydrogens (tertiary/aromatic N) is 2. The third-order valence-electron chi connectivity index (χ3n) is 3.05. The molecule has 1 atom stereocenters. The molecule has 1 heterocycles. The fourth-order valence-electron chi connectivity index (χ4n) is 2.22. The number of rotatable bonds is 4. The minimum atomic E-state index is -0.182. The number of methoxy groups -OCH3 is 1. The maximum atomic E-state index is 12.2. The summed E-state index contributed by atoms with van der Waals surface area (Å²) >= 11 is 0. The van der Waals surface area contributed by atoms with Gasteiger partial charge in [-0.2, -0.15) is 0 Å². The van der Waals surface area contributed by atoms with Crippen LogP contribution in [0.5, 0.6) is 0 Å². The number of urea groups is 1. The molecular formula is C13H19N3O2. The highest BCUT2D eigenvalue weighted by Crippen LogP contribution is 2.27. The van der Waals surface area contributed by atoms with Crippen molar-refractivity contribution in [2.24, 2.45) is 5.73 Å². The normalized spacial score (nSPS) is 16.7. The second-order valence-electron chi connectivity index (χ2n) is 4.59. The van der Waals surface area contributed by atoms with Gasteiger partial charge in [0.25, 0.3) is 0 Å². The topological polar surface area (TPSA) is 58.8 Å². The van der Waals surface area contributed by atoms with Gasteiger partial charge in [0, 0.05) is 33.3 Å². The number of hydrogen-bond acceptors (Lipinski definition) is 3. The lowest BCUT2D eigenvalue weighted by Gasteiger charge is -2.36. The number of carbonyl (C=O) groups is 1. The molecule has 0 radical (unpaired) electrons. The minimum Gasteiger partial charge on any atom is -0.383 e. The summed E-state index contributed by atoms with van der Waals surface area (Å²) < 4.78 is 5.02. The molecule has 0 aromatic heterocycles. The minimum absolute atomic E-state index is 0.0137. The van der Waals surface area contributed by atoms with Crippen molar-refractivity contribution in [1.82, 2.24) is 4.90 Å². The van der Waals surface area contributed by atoms with Crippen LogP contribution in [0.25, 0.3) is 0 Å². The van der Waals surface area contributed by atoms with Crippen molar-refractivity contribution in [3.05, 3.63) is 29.8 Å². The van der Waals surface area contributed by atoms with Crippen LogP contribution in [0.1, 0.15) is 5.56 Å². The molecule has 0 bridgehead atoms. The van der Waals surface area contributed by atoms with Crippen molar-refractivity contribution >= 4 is 11.7 Å². The lowest BCUT2D eigenvalue weighted by Crippen LogP contribution is -2.50. The summed E-state index contributed by atoms with van der Waals surface area (Å²) in [5.41, 5.74) is 8.04. The first-order valence-electron chi connectivity index (χ1n) is 5.98. The molecule has 2 rings (SSSR count).